The Balaban J connectivity index is 1.82. The second-order valence-corrected chi connectivity index (χ2v) is 5.89. The summed E-state index contributed by atoms with van der Waals surface area (Å²) < 4.78 is 0. The molecule has 0 aromatic carbocycles. The van der Waals surface area contributed by atoms with Crippen molar-refractivity contribution >= 4 is 23.3 Å². The maximum Gasteiger partial charge on any atom is 0.319 e. The first kappa shape index (κ1) is 14.8. The van der Waals surface area contributed by atoms with Crippen LogP contribution in [0.2, 0.25) is 0 Å². The monoisotopic (exact) mass is 296 g/mol. The van der Waals surface area contributed by atoms with E-state index in [2.05, 4.69) is 10.3 Å². The molecule has 3 amide bonds. The number of urea groups is 1. The van der Waals surface area contributed by atoms with Gasteiger partial charge in [0.15, 0.2) is 0 Å². The van der Waals surface area contributed by atoms with Gasteiger partial charge in [0.2, 0.25) is 5.91 Å². The number of nitrogens with one attached hydrogen (secondary N) is 1. The molecule has 1 aromatic heterocycles. The third-order valence-corrected chi connectivity index (χ3v) is 4.50. The molecular formula is C13H20N4O2S. The molecule has 1 fully saturated rings. The molecule has 1 N–H and O–H groups in total. The van der Waals surface area contributed by atoms with Crippen LogP contribution in [0.1, 0.15) is 30.5 Å². The van der Waals surface area contributed by atoms with Crippen molar-refractivity contribution in [2.24, 2.45) is 0 Å². The minimum absolute atomic E-state index is 0.00578. The van der Waals surface area contributed by atoms with E-state index in [1.807, 2.05) is 26.2 Å². The molecule has 2 heterocycles. The number of rotatable bonds is 4. The van der Waals surface area contributed by atoms with Gasteiger partial charge in [-0.2, -0.15) is 0 Å². The second kappa shape index (κ2) is 6.21. The standard InChI is InChI=1S/C13H20N4O2S/c1-4-16-8-17(6-11(16)18)13(19)14-5-9(2)12-15-10(3)7-20-12/h7,9H,4-6,8H2,1-3H3,(H,14,19)/t9-/m0/s1. The number of hydrogen-bond donors (Lipinski definition) is 1. The lowest BCUT2D eigenvalue weighted by Gasteiger charge is -2.18. The zero-order chi connectivity index (χ0) is 14.7. The van der Waals surface area contributed by atoms with Crippen molar-refractivity contribution in [2.75, 3.05) is 26.3 Å². The molecule has 6 nitrogen and oxygen atoms in total. The maximum atomic E-state index is 12.0. The van der Waals surface area contributed by atoms with Gasteiger partial charge in [-0.1, -0.05) is 6.92 Å². The number of aromatic nitrogens is 1. The van der Waals surface area contributed by atoms with Gasteiger partial charge in [0, 0.05) is 30.1 Å². The van der Waals surface area contributed by atoms with Crippen LogP contribution in [-0.2, 0) is 4.79 Å². The maximum absolute atomic E-state index is 12.0. The number of carbonyl (C=O) groups excluding carboxylic acids is 2. The fourth-order valence-corrected chi connectivity index (χ4v) is 2.90. The molecule has 7 heteroatoms. The molecule has 0 spiro atoms. The molecule has 2 rings (SSSR count). The molecule has 1 aliphatic heterocycles. The largest absolute Gasteiger partial charge is 0.337 e. The fraction of sp³-hybridized carbons (Fsp3) is 0.615. The summed E-state index contributed by atoms with van der Waals surface area (Å²) in [5.74, 6) is 0.185. The highest BCUT2D eigenvalue weighted by atomic mass is 32.1. The number of aryl methyl sites for hydroxylation is 1. The van der Waals surface area contributed by atoms with Crippen molar-refractivity contribution in [1.82, 2.24) is 20.1 Å². The second-order valence-electron chi connectivity index (χ2n) is 5.00. The number of thiazole rings is 1. The van der Waals surface area contributed by atoms with Crippen molar-refractivity contribution < 1.29 is 9.59 Å². The summed E-state index contributed by atoms with van der Waals surface area (Å²) in [7, 11) is 0. The van der Waals surface area contributed by atoms with Gasteiger partial charge in [0.1, 0.15) is 6.54 Å². The summed E-state index contributed by atoms with van der Waals surface area (Å²) >= 11 is 1.61. The molecule has 0 aliphatic carbocycles. The quantitative estimate of drug-likeness (QED) is 0.913. The average Bonchev–Trinajstić information content (AvgIpc) is 3.01. The molecule has 1 aromatic rings. The predicted octanol–water partition coefficient (Wildman–Crippen LogP) is 1.39. The molecule has 1 saturated heterocycles. The lowest BCUT2D eigenvalue weighted by molar-refractivity contribution is -0.126. The van der Waals surface area contributed by atoms with E-state index in [4.69, 9.17) is 0 Å². The van der Waals surface area contributed by atoms with Gasteiger partial charge in [0.05, 0.1) is 11.7 Å². The number of carbonyl (C=O) groups is 2. The van der Waals surface area contributed by atoms with Crippen molar-refractivity contribution in [3.8, 4) is 0 Å². The predicted molar refractivity (Wildman–Crippen MR) is 77.6 cm³/mol. The van der Waals surface area contributed by atoms with Gasteiger partial charge in [-0.15, -0.1) is 11.3 Å². The Morgan fingerprint density at radius 3 is 2.90 bits per heavy atom. The van der Waals surface area contributed by atoms with Gasteiger partial charge >= 0.3 is 6.03 Å². The van der Waals surface area contributed by atoms with Crippen LogP contribution in [0.15, 0.2) is 5.38 Å². The highest BCUT2D eigenvalue weighted by Gasteiger charge is 2.29. The van der Waals surface area contributed by atoms with E-state index in [9.17, 15) is 9.59 Å². The first-order chi connectivity index (χ1) is 9.51. The van der Waals surface area contributed by atoms with E-state index >= 15 is 0 Å². The van der Waals surface area contributed by atoms with Crippen LogP contribution in [0.3, 0.4) is 0 Å². The third kappa shape index (κ3) is 3.27. The van der Waals surface area contributed by atoms with Gasteiger partial charge in [-0.3, -0.25) is 9.69 Å². The molecular weight excluding hydrogens is 276 g/mol. The normalized spacial score (nSPS) is 16.6. The van der Waals surface area contributed by atoms with Gasteiger partial charge in [0.25, 0.3) is 0 Å². The summed E-state index contributed by atoms with van der Waals surface area (Å²) in [6.45, 7) is 7.62. The summed E-state index contributed by atoms with van der Waals surface area (Å²) in [5, 5.41) is 5.90. The Labute approximate surface area is 122 Å². The molecule has 110 valence electrons. The van der Waals surface area contributed by atoms with Gasteiger partial charge < -0.3 is 10.2 Å². The smallest absolute Gasteiger partial charge is 0.319 e. The van der Waals surface area contributed by atoms with Crippen LogP contribution < -0.4 is 5.32 Å². The summed E-state index contributed by atoms with van der Waals surface area (Å²) in [6.07, 6.45) is 0. The highest BCUT2D eigenvalue weighted by molar-refractivity contribution is 7.09. The van der Waals surface area contributed by atoms with E-state index in [1.165, 1.54) is 4.90 Å². The van der Waals surface area contributed by atoms with Gasteiger partial charge in [-0.05, 0) is 13.8 Å². The topological polar surface area (TPSA) is 65.5 Å². The molecule has 0 radical (unpaired) electrons. The first-order valence-corrected chi connectivity index (χ1v) is 7.61. The van der Waals surface area contributed by atoms with Crippen molar-refractivity contribution in [2.45, 2.75) is 26.7 Å². The summed E-state index contributed by atoms with van der Waals surface area (Å²) in [4.78, 5) is 31.2. The van der Waals surface area contributed by atoms with Crippen LogP contribution in [-0.4, -0.2) is 53.0 Å². The SMILES string of the molecule is CCN1CN(C(=O)NC[C@H](C)c2nc(C)cs2)CC1=O. The summed E-state index contributed by atoms with van der Waals surface area (Å²) in [5.41, 5.74) is 1.01. The van der Waals surface area contributed by atoms with Crippen LogP contribution in [0.25, 0.3) is 0 Å². The molecule has 0 bridgehead atoms. The average molecular weight is 296 g/mol. The minimum atomic E-state index is -0.186. The molecule has 20 heavy (non-hydrogen) atoms. The van der Waals surface area contributed by atoms with E-state index in [0.717, 1.165) is 10.7 Å². The Kier molecular flexibility index (Phi) is 4.59. The highest BCUT2D eigenvalue weighted by Crippen LogP contribution is 2.19. The van der Waals surface area contributed by atoms with Crippen LogP contribution in [0.4, 0.5) is 4.79 Å². The van der Waals surface area contributed by atoms with E-state index in [0.29, 0.717) is 19.8 Å². The summed E-state index contributed by atoms with van der Waals surface area (Å²) in [6, 6.07) is -0.186. The van der Waals surface area contributed by atoms with E-state index in [-0.39, 0.29) is 24.4 Å². The van der Waals surface area contributed by atoms with E-state index in [1.54, 1.807) is 16.2 Å². The van der Waals surface area contributed by atoms with Crippen molar-refractivity contribution in [3.05, 3.63) is 16.1 Å². The van der Waals surface area contributed by atoms with Crippen LogP contribution in [0.5, 0.6) is 0 Å². The molecule has 1 aliphatic rings. The Bertz CT molecular complexity index is 502. The molecule has 0 unspecified atom stereocenters. The number of hydrogen-bond acceptors (Lipinski definition) is 4. The lowest BCUT2D eigenvalue weighted by Crippen LogP contribution is -2.40. The third-order valence-electron chi connectivity index (χ3n) is 3.31. The van der Waals surface area contributed by atoms with Crippen LogP contribution >= 0.6 is 11.3 Å². The number of likely N-dealkylation sites (N-methyl/N-ethyl adjacent to an activating group) is 1. The Morgan fingerprint density at radius 2 is 2.35 bits per heavy atom. The number of nitrogens with zero attached hydrogens (tertiary/aromatic N) is 3. The zero-order valence-electron chi connectivity index (χ0n) is 12.0. The first-order valence-electron chi connectivity index (χ1n) is 6.73. The Morgan fingerprint density at radius 1 is 1.60 bits per heavy atom. The van der Waals surface area contributed by atoms with Crippen molar-refractivity contribution in [3.63, 3.8) is 0 Å². The molecule has 1 atom stereocenters. The number of amides is 3. The fourth-order valence-electron chi connectivity index (χ4n) is 2.05. The van der Waals surface area contributed by atoms with Crippen molar-refractivity contribution in [1.29, 1.82) is 0 Å². The molecule has 0 saturated carbocycles. The lowest BCUT2D eigenvalue weighted by atomic mass is 10.2. The zero-order valence-corrected chi connectivity index (χ0v) is 12.9. The van der Waals surface area contributed by atoms with Gasteiger partial charge in [-0.25, -0.2) is 9.78 Å². The minimum Gasteiger partial charge on any atom is -0.337 e. The Hall–Kier alpha value is -1.63. The van der Waals surface area contributed by atoms with Crippen LogP contribution in [0, 0.1) is 6.92 Å². The van der Waals surface area contributed by atoms with E-state index < -0.39 is 0 Å².